The largest absolute Gasteiger partial charge is 0.444 e. The van der Waals surface area contributed by atoms with Gasteiger partial charge in [0.15, 0.2) is 0 Å². The van der Waals surface area contributed by atoms with Crippen LogP contribution in [-0.2, 0) is 16.1 Å². The van der Waals surface area contributed by atoms with Gasteiger partial charge in [-0.15, -0.1) is 0 Å². The smallest absolute Gasteiger partial charge is 0.407 e. The third-order valence-electron chi connectivity index (χ3n) is 4.29. The Morgan fingerprint density at radius 1 is 1.28 bits per heavy atom. The van der Waals surface area contributed by atoms with Gasteiger partial charge >= 0.3 is 6.09 Å². The number of aromatic nitrogens is 2. The minimum atomic E-state index is -0.525. The number of alkyl carbamates (subject to hydrolysis) is 1. The van der Waals surface area contributed by atoms with Crippen molar-refractivity contribution in [3.8, 4) is 0 Å². The molecule has 0 spiro atoms. The van der Waals surface area contributed by atoms with E-state index in [9.17, 15) is 9.59 Å². The molecule has 0 aromatic carbocycles. The van der Waals surface area contributed by atoms with Crippen LogP contribution in [0.15, 0.2) is 18.5 Å². The zero-order valence-corrected chi connectivity index (χ0v) is 15.5. The molecule has 1 saturated carbocycles. The highest BCUT2D eigenvalue weighted by Gasteiger charge is 2.35. The Kier molecular flexibility index (Phi) is 6.45. The van der Waals surface area contributed by atoms with Crippen molar-refractivity contribution in [3.05, 3.63) is 18.5 Å². The number of nitrogens with one attached hydrogen (secondary N) is 2. The highest BCUT2D eigenvalue weighted by molar-refractivity contribution is 5.77. The molecular formula is C18H30N4O3. The summed E-state index contributed by atoms with van der Waals surface area (Å²) in [4.78, 5) is 24.2. The van der Waals surface area contributed by atoms with E-state index in [1.807, 2.05) is 37.7 Å². The van der Waals surface area contributed by atoms with E-state index in [1.54, 1.807) is 6.20 Å². The maximum absolute atomic E-state index is 12.3. The van der Waals surface area contributed by atoms with Gasteiger partial charge in [-0.2, -0.15) is 5.10 Å². The van der Waals surface area contributed by atoms with Gasteiger partial charge in [0, 0.05) is 31.9 Å². The highest BCUT2D eigenvalue weighted by atomic mass is 16.6. The summed E-state index contributed by atoms with van der Waals surface area (Å²) in [5, 5.41) is 10.1. The molecule has 0 radical (unpaired) electrons. The number of rotatable bonds is 7. The maximum Gasteiger partial charge on any atom is 0.407 e. The van der Waals surface area contributed by atoms with Gasteiger partial charge in [0.25, 0.3) is 0 Å². The van der Waals surface area contributed by atoms with E-state index in [0.717, 1.165) is 38.6 Å². The van der Waals surface area contributed by atoms with Crippen molar-refractivity contribution in [2.24, 2.45) is 0 Å². The van der Waals surface area contributed by atoms with Gasteiger partial charge in [0.05, 0.1) is 5.54 Å². The molecule has 7 heteroatoms. The summed E-state index contributed by atoms with van der Waals surface area (Å²) < 4.78 is 7.10. The van der Waals surface area contributed by atoms with E-state index in [-0.39, 0.29) is 11.4 Å². The lowest BCUT2D eigenvalue weighted by Crippen LogP contribution is -2.54. The molecule has 0 aliphatic heterocycles. The Morgan fingerprint density at radius 2 is 2.00 bits per heavy atom. The first-order chi connectivity index (χ1) is 11.8. The zero-order chi connectivity index (χ0) is 18.3. The molecule has 1 aliphatic rings. The van der Waals surface area contributed by atoms with Crippen LogP contribution in [0.25, 0.3) is 0 Å². The van der Waals surface area contributed by atoms with Crippen molar-refractivity contribution in [1.29, 1.82) is 0 Å². The van der Waals surface area contributed by atoms with E-state index in [4.69, 9.17) is 4.74 Å². The zero-order valence-electron chi connectivity index (χ0n) is 15.5. The first-order valence-corrected chi connectivity index (χ1v) is 9.03. The molecule has 1 aromatic heterocycles. The molecule has 1 heterocycles. The molecule has 1 fully saturated rings. The second-order valence-corrected chi connectivity index (χ2v) is 7.76. The molecule has 140 valence electrons. The van der Waals surface area contributed by atoms with E-state index < -0.39 is 11.7 Å². The molecule has 0 unspecified atom stereocenters. The van der Waals surface area contributed by atoms with Crippen LogP contribution in [0.4, 0.5) is 4.79 Å². The van der Waals surface area contributed by atoms with Crippen molar-refractivity contribution < 1.29 is 14.3 Å². The van der Waals surface area contributed by atoms with Crippen molar-refractivity contribution in [2.45, 2.75) is 77.0 Å². The van der Waals surface area contributed by atoms with Crippen LogP contribution in [-0.4, -0.2) is 39.5 Å². The molecule has 7 nitrogen and oxygen atoms in total. The summed E-state index contributed by atoms with van der Waals surface area (Å²) in [7, 11) is 0. The first-order valence-electron chi connectivity index (χ1n) is 9.03. The topological polar surface area (TPSA) is 85.3 Å². The molecule has 1 aromatic rings. The van der Waals surface area contributed by atoms with Crippen LogP contribution in [0.2, 0.25) is 0 Å². The summed E-state index contributed by atoms with van der Waals surface area (Å²) >= 11 is 0. The molecule has 2 N–H and O–H groups in total. The normalized spacial score (nSPS) is 16.4. The van der Waals surface area contributed by atoms with Crippen LogP contribution in [0.5, 0.6) is 0 Å². The fraction of sp³-hybridized carbons (Fsp3) is 0.722. The molecule has 0 saturated heterocycles. The van der Waals surface area contributed by atoms with Crippen molar-refractivity contribution in [1.82, 2.24) is 20.4 Å². The van der Waals surface area contributed by atoms with Crippen LogP contribution in [0.1, 0.15) is 59.3 Å². The van der Waals surface area contributed by atoms with E-state index >= 15 is 0 Å². The number of nitrogens with zero attached hydrogens (tertiary/aromatic N) is 2. The quantitative estimate of drug-likeness (QED) is 0.791. The van der Waals surface area contributed by atoms with Crippen LogP contribution >= 0.6 is 0 Å². The van der Waals surface area contributed by atoms with Crippen molar-refractivity contribution >= 4 is 12.0 Å². The molecule has 2 rings (SSSR count). The molecule has 2 amide bonds. The SMILES string of the molecule is CC(C)(C)OC(=O)NCC1(NC(=O)CCCn2cccn2)CCCC1. The summed E-state index contributed by atoms with van der Waals surface area (Å²) in [6, 6.07) is 1.87. The van der Waals surface area contributed by atoms with Gasteiger partial charge in [-0.05, 0) is 46.1 Å². The van der Waals surface area contributed by atoms with Crippen LogP contribution in [0, 0.1) is 0 Å². The summed E-state index contributed by atoms with van der Waals surface area (Å²) in [5.74, 6) is 0.0278. The fourth-order valence-electron chi connectivity index (χ4n) is 3.15. The van der Waals surface area contributed by atoms with E-state index in [1.165, 1.54) is 0 Å². The fourth-order valence-corrected chi connectivity index (χ4v) is 3.15. The number of aryl methyl sites for hydroxylation is 1. The number of hydrogen-bond acceptors (Lipinski definition) is 4. The number of carbonyl (C=O) groups excluding carboxylic acids is 2. The second-order valence-electron chi connectivity index (χ2n) is 7.76. The molecule has 25 heavy (non-hydrogen) atoms. The Hall–Kier alpha value is -2.05. The average Bonchev–Trinajstić information content (AvgIpc) is 3.16. The third-order valence-corrected chi connectivity index (χ3v) is 4.29. The number of carbonyl (C=O) groups is 2. The number of amides is 2. The molecular weight excluding hydrogens is 320 g/mol. The Labute approximate surface area is 149 Å². The lowest BCUT2D eigenvalue weighted by atomic mass is 9.97. The van der Waals surface area contributed by atoms with Crippen molar-refractivity contribution in [3.63, 3.8) is 0 Å². The first kappa shape index (κ1) is 19.3. The van der Waals surface area contributed by atoms with Crippen LogP contribution < -0.4 is 10.6 Å². The van der Waals surface area contributed by atoms with Gasteiger partial charge in [0.2, 0.25) is 5.91 Å². The monoisotopic (exact) mass is 350 g/mol. The minimum Gasteiger partial charge on any atom is -0.444 e. The number of hydrogen-bond donors (Lipinski definition) is 2. The van der Waals surface area contributed by atoms with Crippen LogP contribution in [0.3, 0.4) is 0 Å². The van der Waals surface area contributed by atoms with Crippen molar-refractivity contribution in [2.75, 3.05) is 6.54 Å². The molecule has 1 aliphatic carbocycles. The predicted molar refractivity (Wildman–Crippen MR) is 95.0 cm³/mol. The Bertz CT molecular complexity index is 557. The number of ether oxygens (including phenoxy) is 1. The van der Waals surface area contributed by atoms with Gasteiger partial charge in [-0.25, -0.2) is 4.79 Å². The van der Waals surface area contributed by atoms with Gasteiger partial charge in [-0.1, -0.05) is 12.8 Å². The van der Waals surface area contributed by atoms with E-state index in [2.05, 4.69) is 15.7 Å². The Morgan fingerprint density at radius 3 is 2.60 bits per heavy atom. The average molecular weight is 350 g/mol. The Balaban J connectivity index is 1.78. The highest BCUT2D eigenvalue weighted by Crippen LogP contribution is 2.29. The maximum atomic E-state index is 12.3. The summed E-state index contributed by atoms with van der Waals surface area (Å²) in [5.41, 5.74) is -0.873. The lowest BCUT2D eigenvalue weighted by molar-refractivity contribution is -0.123. The lowest BCUT2D eigenvalue weighted by Gasteiger charge is -2.31. The summed E-state index contributed by atoms with van der Waals surface area (Å²) in [6.07, 6.45) is 8.26. The predicted octanol–water partition coefficient (Wildman–Crippen LogP) is 2.62. The standard InChI is InChI=1S/C18H30N4O3/c1-17(2,3)25-16(24)19-14-18(9-4-5-10-18)21-15(23)8-6-12-22-13-7-11-20-22/h7,11,13H,4-6,8-10,12,14H2,1-3H3,(H,19,24)(H,21,23). The summed E-state index contributed by atoms with van der Waals surface area (Å²) in [6.45, 7) is 6.63. The second kappa shape index (κ2) is 8.36. The minimum absolute atomic E-state index is 0.0278. The molecule has 0 bridgehead atoms. The van der Waals surface area contributed by atoms with Gasteiger partial charge in [0.1, 0.15) is 5.60 Å². The molecule has 0 atom stereocenters. The van der Waals surface area contributed by atoms with Gasteiger partial charge in [-0.3, -0.25) is 9.48 Å². The van der Waals surface area contributed by atoms with Gasteiger partial charge < -0.3 is 15.4 Å². The van der Waals surface area contributed by atoms with E-state index in [0.29, 0.717) is 13.0 Å². The third kappa shape index (κ3) is 6.76.